The van der Waals surface area contributed by atoms with Gasteiger partial charge in [-0.1, -0.05) is 43.2 Å². The Balaban J connectivity index is 1.75. The summed E-state index contributed by atoms with van der Waals surface area (Å²) >= 11 is 1.39. The molecule has 0 N–H and O–H groups in total. The third-order valence-electron chi connectivity index (χ3n) is 5.02. The summed E-state index contributed by atoms with van der Waals surface area (Å²) in [5, 5.41) is 12.3. The van der Waals surface area contributed by atoms with Crippen LogP contribution in [-0.4, -0.2) is 56.0 Å². The molecule has 27 heavy (non-hydrogen) atoms. The van der Waals surface area contributed by atoms with Gasteiger partial charge in [-0.2, -0.15) is 4.68 Å². The van der Waals surface area contributed by atoms with E-state index in [4.69, 9.17) is 4.74 Å². The van der Waals surface area contributed by atoms with Crippen LogP contribution >= 0.6 is 11.8 Å². The van der Waals surface area contributed by atoms with Gasteiger partial charge in [-0.15, -0.1) is 5.10 Å². The number of aromatic nitrogens is 4. The third-order valence-corrected chi connectivity index (χ3v) is 6.04. The molecule has 0 bridgehead atoms. The van der Waals surface area contributed by atoms with Crippen molar-refractivity contribution in [3.8, 4) is 11.4 Å². The highest BCUT2D eigenvalue weighted by Crippen LogP contribution is 2.30. The molecule has 1 heterocycles. The van der Waals surface area contributed by atoms with Gasteiger partial charge in [0, 0.05) is 12.6 Å². The van der Waals surface area contributed by atoms with E-state index in [1.807, 2.05) is 36.1 Å². The average Bonchev–Trinajstić information content (AvgIpc) is 3.17. The van der Waals surface area contributed by atoms with Gasteiger partial charge in [-0.25, -0.2) is 0 Å². The van der Waals surface area contributed by atoms with Gasteiger partial charge in [0.1, 0.15) is 11.4 Å². The maximum Gasteiger partial charge on any atom is 0.236 e. The van der Waals surface area contributed by atoms with Crippen LogP contribution in [0.5, 0.6) is 5.75 Å². The van der Waals surface area contributed by atoms with E-state index in [9.17, 15) is 4.79 Å². The smallest absolute Gasteiger partial charge is 0.236 e. The zero-order valence-corrected chi connectivity index (χ0v) is 17.0. The number of methoxy groups -OCH3 is 1. The third kappa shape index (κ3) is 4.43. The summed E-state index contributed by atoms with van der Waals surface area (Å²) in [6.45, 7) is 4.73. The molecule has 1 aromatic carbocycles. The lowest BCUT2D eigenvalue weighted by Crippen LogP contribution is -2.44. The minimum atomic E-state index is -0.258. The second-order valence-electron chi connectivity index (χ2n) is 6.72. The minimum Gasteiger partial charge on any atom is -0.494 e. The fraction of sp³-hybridized carbons (Fsp3) is 0.579. The molecule has 1 aromatic heterocycles. The fourth-order valence-corrected chi connectivity index (χ4v) is 4.51. The topological polar surface area (TPSA) is 73.1 Å². The first-order valence-corrected chi connectivity index (χ1v) is 10.4. The van der Waals surface area contributed by atoms with Crippen molar-refractivity contribution in [1.29, 1.82) is 0 Å². The molecule has 0 saturated heterocycles. The van der Waals surface area contributed by atoms with E-state index in [1.165, 1.54) is 31.0 Å². The Hall–Kier alpha value is -2.09. The van der Waals surface area contributed by atoms with Crippen LogP contribution in [0.15, 0.2) is 29.4 Å². The van der Waals surface area contributed by atoms with E-state index in [0.29, 0.717) is 16.9 Å². The number of benzene rings is 1. The molecule has 0 radical (unpaired) electrons. The molecule has 0 unspecified atom stereocenters. The molecule has 8 heteroatoms. The van der Waals surface area contributed by atoms with Crippen molar-refractivity contribution in [2.45, 2.75) is 62.4 Å². The standard InChI is InChI=1S/C19H27N5O2S/c1-4-23(15-10-6-5-7-11-15)18(25)14(2)27-19-20-21-22-24(19)16-12-8-9-13-17(16)26-3/h8-9,12-15H,4-7,10-11H2,1-3H3/t14-/m0/s1. The summed E-state index contributed by atoms with van der Waals surface area (Å²) in [5.74, 6) is 0.840. The summed E-state index contributed by atoms with van der Waals surface area (Å²) < 4.78 is 7.04. The van der Waals surface area contributed by atoms with Gasteiger partial charge in [0.15, 0.2) is 0 Å². The van der Waals surface area contributed by atoms with Gasteiger partial charge in [0.05, 0.1) is 12.4 Å². The Labute approximate surface area is 164 Å². The molecule has 0 spiro atoms. The lowest BCUT2D eigenvalue weighted by Gasteiger charge is -2.35. The molecular weight excluding hydrogens is 362 g/mol. The lowest BCUT2D eigenvalue weighted by atomic mass is 9.94. The number of hydrogen-bond donors (Lipinski definition) is 0. The monoisotopic (exact) mass is 389 g/mol. The Morgan fingerprint density at radius 1 is 1.33 bits per heavy atom. The Morgan fingerprint density at radius 2 is 2.07 bits per heavy atom. The van der Waals surface area contributed by atoms with Crippen molar-refractivity contribution in [2.75, 3.05) is 13.7 Å². The van der Waals surface area contributed by atoms with Crippen molar-refractivity contribution in [1.82, 2.24) is 25.1 Å². The van der Waals surface area contributed by atoms with Crippen molar-refractivity contribution in [3.63, 3.8) is 0 Å². The van der Waals surface area contributed by atoms with Crippen LogP contribution in [0.3, 0.4) is 0 Å². The molecule has 146 valence electrons. The number of tetrazole rings is 1. The minimum absolute atomic E-state index is 0.156. The maximum absolute atomic E-state index is 13.1. The van der Waals surface area contributed by atoms with Crippen LogP contribution in [0.25, 0.3) is 5.69 Å². The normalized spacial score (nSPS) is 16.1. The number of ether oxygens (including phenoxy) is 1. The van der Waals surface area contributed by atoms with Gasteiger partial charge in [0.2, 0.25) is 11.1 Å². The molecular formula is C19H27N5O2S. The van der Waals surface area contributed by atoms with Crippen molar-refractivity contribution < 1.29 is 9.53 Å². The summed E-state index contributed by atoms with van der Waals surface area (Å²) in [6.07, 6.45) is 5.91. The van der Waals surface area contributed by atoms with E-state index in [-0.39, 0.29) is 11.2 Å². The second-order valence-corrected chi connectivity index (χ2v) is 8.03. The quantitative estimate of drug-likeness (QED) is 0.676. The zero-order chi connectivity index (χ0) is 19.2. The number of carbonyl (C=O) groups excluding carboxylic acids is 1. The largest absolute Gasteiger partial charge is 0.494 e. The first-order chi connectivity index (χ1) is 13.2. The molecule has 0 aliphatic heterocycles. The zero-order valence-electron chi connectivity index (χ0n) is 16.2. The summed E-state index contributed by atoms with van der Waals surface area (Å²) in [5.41, 5.74) is 0.756. The van der Waals surface area contributed by atoms with Crippen molar-refractivity contribution >= 4 is 17.7 Å². The van der Waals surface area contributed by atoms with Crippen LogP contribution in [0.4, 0.5) is 0 Å². The number of thioether (sulfide) groups is 1. The highest BCUT2D eigenvalue weighted by Gasteiger charge is 2.29. The lowest BCUT2D eigenvalue weighted by molar-refractivity contribution is -0.133. The van der Waals surface area contributed by atoms with Gasteiger partial charge in [0.25, 0.3) is 0 Å². The average molecular weight is 390 g/mol. The molecule has 1 saturated carbocycles. The maximum atomic E-state index is 13.1. The molecule has 2 aromatic rings. The fourth-order valence-electron chi connectivity index (χ4n) is 3.64. The van der Waals surface area contributed by atoms with Gasteiger partial charge >= 0.3 is 0 Å². The van der Waals surface area contributed by atoms with E-state index < -0.39 is 0 Å². The van der Waals surface area contributed by atoms with Crippen LogP contribution in [0.1, 0.15) is 46.0 Å². The summed E-state index contributed by atoms with van der Waals surface area (Å²) in [6, 6.07) is 7.93. The van der Waals surface area contributed by atoms with Gasteiger partial charge in [-0.05, 0) is 49.2 Å². The van der Waals surface area contributed by atoms with Crippen LogP contribution in [0.2, 0.25) is 0 Å². The van der Waals surface area contributed by atoms with Crippen LogP contribution in [-0.2, 0) is 4.79 Å². The number of rotatable bonds is 7. The first kappa shape index (κ1) is 19.7. The first-order valence-electron chi connectivity index (χ1n) is 9.54. The number of nitrogens with zero attached hydrogens (tertiary/aromatic N) is 5. The van der Waals surface area contributed by atoms with Crippen molar-refractivity contribution in [3.05, 3.63) is 24.3 Å². The van der Waals surface area contributed by atoms with Crippen molar-refractivity contribution in [2.24, 2.45) is 0 Å². The second kappa shape index (κ2) is 9.21. The molecule has 1 fully saturated rings. The van der Waals surface area contributed by atoms with Gasteiger partial charge in [-0.3, -0.25) is 4.79 Å². The predicted molar refractivity (Wildman–Crippen MR) is 105 cm³/mol. The molecule has 7 nitrogen and oxygen atoms in total. The highest BCUT2D eigenvalue weighted by atomic mass is 32.2. The number of amides is 1. The number of para-hydroxylation sites is 2. The predicted octanol–water partition coefficient (Wildman–Crippen LogP) is 3.33. The Kier molecular flexibility index (Phi) is 6.71. The van der Waals surface area contributed by atoms with E-state index in [2.05, 4.69) is 22.4 Å². The summed E-state index contributed by atoms with van der Waals surface area (Å²) in [4.78, 5) is 15.1. The Morgan fingerprint density at radius 3 is 2.78 bits per heavy atom. The van der Waals surface area contributed by atoms with Crippen LogP contribution in [0, 0.1) is 0 Å². The Bertz CT molecular complexity index is 760. The number of hydrogen-bond acceptors (Lipinski definition) is 6. The molecule has 1 atom stereocenters. The van der Waals surface area contributed by atoms with Gasteiger partial charge < -0.3 is 9.64 Å². The molecule has 1 aliphatic carbocycles. The molecule has 1 aliphatic rings. The molecule has 1 amide bonds. The van der Waals surface area contributed by atoms with E-state index >= 15 is 0 Å². The SMILES string of the molecule is CCN(C(=O)[C@H](C)Sc1nnnn1-c1ccccc1OC)C1CCCCC1. The van der Waals surface area contributed by atoms with E-state index in [1.54, 1.807) is 11.8 Å². The number of carbonyl (C=O) groups is 1. The molecule has 3 rings (SSSR count). The van der Waals surface area contributed by atoms with E-state index in [0.717, 1.165) is 25.1 Å². The highest BCUT2D eigenvalue weighted by molar-refractivity contribution is 8.00. The van der Waals surface area contributed by atoms with Crippen LogP contribution < -0.4 is 4.74 Å². The summed E-state index contributed by atoms with van der Waals surface area (Å²) in [7, 11) is 1.62.